The third kappa shape index (κ3) is 4.12. The molecule has 0 radical (unpaired) electrons. The summed E-state index contributed by atoms with van der Waals surface area (Å²) in [5, 5.41) is 12.7. The molecular weight excluding hydrogens is 524 g/mol. The van der Waals surface area contributed by atoms with E-state index in [1.165, 1.54) is 16.2 Å². The van der Waals surface area contributed by atoms with E-state index in [1.54, 1.807) is 54.6 Å². The summed E-state index contributed by atoms with van der Waals surface area (Å²) in [6, 6.07) is 20.3. The quantitative estimate of drug-likeness (QED) is 0.217. The number of ether oxygens (including phenoxy) is 1. The number of hydrogen-bond donors (Lipinski definition) is 1. The van der Waals surface area contributed by atoms with Crippen LogP contribution in [0, 0.1) is 0 Å². The van der Waals surface area contributed by atoms with Crippen molar-refractivity contribution >= 4 is 60.9 Å². The van der Waals surface area contributed by atoms with Crippen molar-refractivity contribution in [2.75, 3.05) is 11.5 Å². The van der Waals surface area contributed by atoms with Crippen molar-refractivity contribution in [3.05, 3.63) is 100 Å². The van der Waals surface area contributed by atoms with Crippen LogP contribution < -0.4 is 9.64 Å². The van der Waals surface area contributed by atoms with Crippen LogP contribution in [0.1, 0.15) is 35.5 Å². The number of carbonyl (C=O) groups is 2. The zero-order valence-corrected chi connectivity index (χ0v) is 21.8. The molecule has 2 aromatic heterocycles. The molecule has 3 aromatic carbocycles. The molecule has 1 aliphatic rings. The number of carbonyl (C=O) groups excluding carboxylic acids is 2. The van der Waals surface area contributed by atoms with E-state index < -0.39 is 23.5 Å². The molecule has 38 heavy (non-hydrogen) atoms. The molecule has 1 unspecified atom stereocenters. The SMILES string of the molecule is CCCOc1ccc(C2C(C(=O)c3cc4ccccc4o3)=C(O)C(=O)N2c2nc3ccc(Cl)cc3s2)cc1. The molecule has 0 spiro atoms. The van der Waals surface area contributed by atoms with Crippen LogP contribution in [-0.2, 0) is 4.79 Å². The number of anilines is 1. The zero-order chi connectivity index (χ0) is 26.4. The van der Waals surface area contributed by atoms with Gasteiger partial charge in [-0.15, -0.1) is 0 Å². The van der Waals surface area contributed by atoms with Crippen LogP contribution in [0.25, 0.3) is 21.2 Å². The van der Waals surface area contributed by atoms with Gasteiger partial charge in [0.15, 0.2) is 16.7 Å². The number of rotatable bonds is 7. The number of thiazole rings is 1. The van der Waals surface area contributed by atoms with Gasteiger partial charge >= 0.3 is 0 Å². The maximum Gasteiger partial charge on any atom is 0.296 e. The topological polar surface area (TPSA) is 92.9 Å². The minimum Gasteiger partial charge on any atom is -0.503 e. The van der Waals surface area contributed by atoms with Gasteiger partial charge in [0, 0.05) is 10.4 Å². The molecule has 190 valence electrons. The van der Waals surface area contributed by atoms with E-state index in [9.17, 15) is 14.7 Å². The van der Waals surface area contributed by atoms with Gasteiger partial charge in [0.05, 0.1) is 28.4 Å². The predicted molar refractivity (Wildman–Crippen MR) is 147 cm³/mol. The van der Waals surface area contributed by atoms with Crippen molar-refractivity contribution in [1.29, 1.82) is 0 Å². The summed E-state index contributed by atoms with van der Waals surface area (Å²) in [6.45, 7) is 2.59. The Kier molecular flexibility index (Phi) is 6.13. The van der Waals surface area contributed by atoms with E-state index in [0.29, 0.717) is 39.2 Å². The Morgan fingerprint density at radius 3 is 2.68 bits per heavy atom. The number of benzene rings is 3. The van der Waals surface area contributed by atoms with Crippen LogP contribution in [0.4, 0.5) is 5.13 Å². The van der Waals surface area contributed by atoms with E-state index in [0.717, 1.165) is 16.5 Å². The Morgan fingerprint density at radius 1 is 1.13 bits per heavy atom. The zero-order valence-electron chi connectivity index (χ0n) is 20.2. The van der Waals surface area contributed by atoms with Gasteiger partial charge in [-0.1, -0.05) is 60.2 Å². The molecule has 1 aliphatic heterocycles. The molecule has 0 bridgehead atoms. The van der Waals surface area contributed by atoms with Crippen LogP contribution in [0.3, 0.4) is 0 Å². The van der Waals surface area contributed by atoms with Gasteiger partial charge in [-0.2, -0.15) is 0 Å². The molecule has 9 heteroatoms. The molecule has 3 heterocycles. The largest absolute Gasteiger partial charge is 0.503 e. The lowest BCUT2D eigenvalue weighted by Gasteiger charge is -2.24. The number of nitrogens with zero attached hydrogens (tertiary/aromatic N) is 2. The predicted octanol–water partition coefficient (Wildman–Crippen LogP) is 7.27. The summed E-state index contributed by atoms with van der Waals surface area (Å²) < 4.78 is 12.3. The molecular formula is C29H21ClN2O5S. The summed E-state index contributed by atoms with van der Waals surface area (Å²) in [6.07, 6.45) is 0.862. The van der Waals surface area contributed by atoms with Gasteiger partial charge in [0.1, 0.15) is 11.3 Å². The Bertz CT molecular complexity index is 1700. The highest BCUT2D eigenvalue weighted by Crippen LogP contribution is 2.45. The van der Waals surface area contributed by atoms with Gasteiger partial charge in [0.2, 0.25) is 5.78 Å². The molecule has 1 amide bonds. The van der Waals surface area contributed by atoms with E-state index in [-0.39, 0.29) is 11.3 Å². The number of hydrogen-bond acceptors (Lipinski definition) is 7. The molecule has 0 saturated heterocycles. The Labute approximate surface area is 226 Å². The van der Waals surface area contributed by atoms with E-state index >= 15 is 0 Å². The van der Waals surface area contributed by atoms with Crippen molar-refractivity contribution in [2.45, 2.75) is 19.4 Å². The molecule has 0 aliphatic carbocycles. The smallest absolute Gasteiger partial charge is 0.296 e. The Balaban J connectivity index is 1.47. The molecule has 0 fully saturated rings. The number of halogens is 1. The van der Waals surface area contributed by atoms with E-state index in [2.05, 4.69) is 4.98 Å². The van der Waals surface area contributed by atoms with Gasteiger partial charge in [-0.05, 0) is 54.4 Å². The molecule has 1 N–H and O–H groups in total. The maximum absolute atomic E-state index is 13.8. The molecule has 7 nitrogen and oxygen atoms in total. The van der Waals surface area contributed by atoms with Crippen molar-refractivity contribution in [2.24, 2.45) is 0 Å². The number of amides is 1. The normalized spacial score (nSPS) is 15.7. The van der Waals surface area contributed by atoms with Crippen LogP contribution >= 0.6 is 22.9 Å². The number of furan rings is 1. The van der Waals surface area contributed by atoms with Crippen molar-refractivity contribution in [1.82, 2.24) is 4.98 Å². The number of aromatic nitrogens is 1. The first-order valence-electron chi connectivity index (χ1n) is 12.0. The number of para-hydroxylation sites is 1. The first kappa shape index (κ1) is 24.2. The number of aliphatic hydroxyl groups excluding tert-OH is 1. The fraction of sp³-hybridized carbons (Fsp3) is 0.138. The van der Waals surface area contributed by atoms with Gasteiger partial charge in [0.25, 0.3) is 5.91 Å². The maximum atomic E-state index is 13.8. The first-order valence-corrected chi connectivity index (χ1v) is 13.2. The minimum absolute atomic E-state index is 0.0337. The third-order valence-corrected chi connectivity index (χ3v) is 7.57. The van der Waals surface area contributed by atoms with Crippen molar-refractivity contribution in [3.63, 3.8) is 0 Å². The third-order valence-electron chi connectivity index (χ3n) is 6.32. The van der Waals surface area contributed by atoms with Crippen LogP contribution in [0.2, 0.25) is 5.02 Å². The lowest BCUT2D eigenvalue weighted by molar-refractivity contribution is -0.117. The Morgan fingerprint density at radius 2 is 1.92 bits per heavy atom. The second-order valence-electron chi connectivity index (χ2n) is 8.84. The lowest BCUT2D eigenvalue weighted by atomic mass is 9.95. The lowest BCUT2D eigenvalue weighted by Crippen LogP contribution is -2.30. The van der Waals surface area contributed by atoms with Gasteiger partial charge < -0.3 is 14.3 Å². The highest BCUT2D eigenvalue weighted by Gasteiger charge is 2.46. The van der Waals surface area contributed by atoms with Gasteiger partial charge in [-0.3, -0.25) is 14.5 Å². The standard InChI is InChI=1S/C29H21ClN2O5S/c1-2-13-36-19-10-7-16(8-11-19)25-24(26(33)22-14-17-5-3-4-6-21(17)37-22)27(34)28(35)32(25)29-31-20-12-9-18(30)15-23(20)38-29/h3-12,14-15,25,34H,2,13H2,1H3. The second kappa shape index (κ2) is 9.63. The van der Waals surface area contributed by atoms with Crippen LogP contribution in [-0.4, -0.2) is 28.4 Å². The minimum atomic E-state index is -0.931. The Hall–Kier alpha value is -4.14. The van der Waals surface area contributed by atoms with Crippen LogP contribution in [0.5, 0.6) is 5.75 Å². The monoisotopic (exact) mass is 544 g/mol. The average Bonchev–Trinajstić information content (AvgIpc) is 3.61. The summed E-state index contributed by atoms with van der Waals surface area (Å²) in [4.78, 5) is 33.3. The summed E-state index contributed by atoms with van der Waals surface area (Å²) in [7, 11) is 0. The molecule has 6 rings (SSSR count). The summed E-state index contributed by atoms with van der Waals surface area (Å²) in [5.74, 6) is -1.23. The number of ketones is 1. The van der Waals surface area contributed by atoms with Crippen molar-refractivity contribution < 1.29 is 23.8 Å². The van der Waals surface area contributed by atoms with Crippen molar-refractivity contribution in [3.8, 4) is 5.75 Å². The first-order chi connectivity index (χ1) is 18.4. The van der Waals surface area contributed by atoms with Gasteiger partial charge in [-0.25, -0.2) is 4.98 Å². The van der Waals surface area contributed by atoms with Crippen LogP contribution in [0.15, 0.2) is 88.5 Å². The molecule has 0 saturated carbocycles. The average molecular weight is 545 g/mol. The highest BCUT2D eigenvalue weighted by atomic mass is 35.5. The fourth-order valence-electron chi connectivity index (χ4n) is 4.53. The number of aliphatic hydroxyl groups is 1. The summed E-state index contributed by atoms with van der Waals surface area (Å²) >= 11 is 7.42. The molecule has 5 aromatic rings. The number of Topliss-reactive ketones (excluding diaryl/α,β-unsaturated/α-hetero) is 1. The van der Waals surface area contributed by atoms with E-state index in [1.807, 2.05) is 25.1 Å². The highest BCUT2D eigenvalue weighted by molar-refractivity contribution is 7.22. The number of fused-ring (bicyclic) bond motifs is 2. The summed E-state index contributed by atoms with van der Waals surface area (Å²) in [5.41, 5.74) is 1.73. The van der Waals surface area contributed by atoms with E-state index in [4.69, 9.17) is 20.8 Å². The second-order valence-corrected chi connectivity index (χ2v) is 10.3. The molecule has 1 atom stereocenters. The fourth-order valence-corrected chi connectivity index (χ4v) is 5.80.